The Morgan fingerprint density at radius 3 is 2.69 bits per heavy atom. The van der Waals surface area contributed by atoms with E-state index >= 15 is 0 Å². The Morgan fingerprint density at radius 1 is 1.50 bits per heavy atom. The molecule has 1 fully saturated rings. The van der Waals surface area contributed by atoms with Crippen molar-refractivity contribution in [1.29, 1.82) is 0 Å². The van der Waals surface area contributed by atoms with Gasteiger partial charge in [0.2, 0.25) is 0 Å². The van der Waals surface area contributed by atoms with Gasteiger partial charge in [-0.15, -0.1) is 0 Å². The van der Waals surface area contributed by atoms with E-state index in [0.29, 0.717) is 25.2 Å². The first kappa shape index (κ1) is 13.9. The van der Waals surface area contributed by atoms with E-state index < -0.39 is 0 Å². The van der Waals surface area contributed by atoms with Gasteiger partial charge >= 0.3 is 0 Å². The van der Waals surface area contributed by atoms with E-state index in [-0.39, 0.29) is 12.2 Å². The van der Waals surface area contributed by atoms with Crippen LogP contribution < -0.4 is 5.32 Å². The molecule has 0 aromatic heterocycles. The number of aliphatic hydroxyl groups excluding tert-OH is 1. The summed E-state index contributed by atoms with van der Waals surface area (Å²) in [4.78, 5) is 2.21. The average molecular weight is 230 g/mol. The number of likely N-dealkylation sites (N-methyl/N-ethyl adjacent to an activating group) is 1. The zero-order valence-electron chi connectivity index (χ0n) is 10.9. The van der Waals surface area contributed by atoms with Crippen LogP contribution in [0.4, 0.5) is 0 Å². The van der Waals surface area contributed by atoms with Crippen LogP contribution in [0.3, 0.4) is 0 Å². The second-order valence-electron chi connectivity index (χ2n) is 5.09. The average Bonchev–Trinajstić information content (AvgIpc) is 2.61. The van der Waals surface area contributed by atoms with Gasteiger partial charge in [0.05, 0.1) is 12.2 Å². The molecule has 0 radical (unpaired) electrons. The van der Waals surface area contributed by atoms with Gasteiger partial charge in [0.15, 0.2) is 0 Å². The van der Waals surface area contributed by atoms with Gasteiger partial charge in [-0.3, -0.25) is 4.90 Å². The highest BCUT2D eigenvalue weighted by atomic mass is 16.5. The van der Waals surface area contributed by atoms with Crippen LogP contribution in [0.2, 0.25) is 0 Å². The molecule has 1 heterocycles. The minimum atomic E-state index is -0.305. The maximum absolute atomic E-state index is 9.87. The van der Waals surface area contributed by atoms with Crippen molar-refractivity contribution in [3.8, 4) is 0 Å². The minimum Gasteiger partial charge on any atom is -0.390 e. The Labute approximate surface area is 99.0 Å². The zero-order valence-corrected chi connectivity index (χ0v) is 10.9. The smallest absolute Gasteiger partial charge is 0.0791 e. The summed E-state index contributed by atoms with van der Waals surface area (Å²) in [5.41, 5.74) is 0. The van der Waals surface area contributed by atoms with Crippen LogP contribution in [0.5, 0.6) is 0 Å². The van der Waals surface area contributed by atoms with Crippen molar-refractivity contribution in [2.24, 2.45) is 0 Å². The molecule has 1 saturated heterocycles. The number of hydrogen-bond acceptors (Lipinski definition) is 4. The standard InChI is InChI=1S/C12H26N2O2/c1-9(2)13-7-11(15)8-14(4)12-5-6-16-10(12)3/h9-13,15H,5-8H2,1-4H3. The molecule has 0 amide bonds. The molecule has 16 heavy (non-hydrogen) atoms. The number of aliphatic hydroxyl groups is 1. The predicted molar refractivity (Wildman–Crippen MR) is 65.6 cm³/mol. The number of nitrogens with one attached hydrogen (secondary N) is 1. The summed E-state index contributed by atoms with van der Waals surface area (Å²) in [7, 11) is 2.06. The van der Waals surface area contributed by atoms with Gasteiger partial charge in [0.25, 0.3) is 0 Å². The first-order valence-corrected chi connectivity index (χ1v) is 6.24. The quantitative estimate of drug-likeness (QED) is 0.695. The van der Waals surface area contributed by atoms with Crippen LogP contribution in [0.15, 0.2) is 0 Å². The van der Waals surface area contributed by atoms with Gasteiger partial charge in [-0.25, -0.2) is 0 Å². The van der Waals surface area contributed by atoms with E-state index in [0.717, 1.165) is 13.0 Å². The molecule has 0 aliphatic carbocycles. The molecular weight excluding hydrogens is 204 g/mol. The number of ether oxygens (including phenoxy) is 1. The predicted octanol–water partition coefficient (Wildman–Crippen LogP) is 0.455. The third-order valence-electron chi connectivity index (χ3n) is 3.16. The molecule has 1 rings (SSSR count). The first-order chi connectivity index (χ1) is 7.50. The fraction of sp³-hybridized carbons (Fsp3) is 1.00. The SMILES string of the molecule is CC(C)NCC(O)CN(C)C1CCOC1C. The highest BCUT2D eigenvalue weighted by molar-refractivity contribution is 4.82. The molecule has 1 aliphatic rings. The number of nitrogens with zero attached hydrogens (tertiary/aromatic N) is 1. The highest BCUT2D eigenvalue weighted by Crippen LogP contribution is 2.18. The van der Waals surface area contributed by atoms with E-state index in [2.05, 4.69) is 38.0 Å². The summed E-state index contributed by atoms with van der Waals surface area (Å²) < 4.78 is 5.53. The molecule has 0 saturated carbocycles. The fourth-order valence-electron chi connectivity index (χ4n) is 2.20. The molecule has 4 nitrogen and oxygen atoms in total. The van der Waals surface area contributed by atoms with Gasteiger partial charge in [0.1, 0.15) is 0 Å². The Morgan fingerprint density at radius 2 is 2.19 bits per heavy atom. The lowest BCUT2D eigenvalue weighted by Gasteiger charge is -2.28. The summed E-state index contributed by atoms with van der Waals surface area (Å²) >= 11 is 0. The summed E-state index contributed by atoms with van der Waals surface area (Å²) in [6.45, 7) is 8.48. The third-order valence-corrected chi connectivity index (χ3v) is 3.16. The Hall–Kier alpha value is -0.160. The lowest BCUT2D eigenvalue weighted by atomic mass is 10.1. The van der Waals surface area contributed by atoms with Crippen LogP contribution in [0, 0.1) is 0 Å². The van der Waals surface area contributed by atoms with Crippen LogP contribution in [-0.4, -0.2) is 61.0 Å². The summed E-state index contributed by atoms with van der Waals surface area (Å²) in [5, 5.41) is 13.1. The minimum absolute atomic E-state index is 0.287. The summed E-state index contributed by atoms with van der Waals surface area (Å²) in [5.74, 6) is 0. The van der Waals surface area contributed by atoms with Crippen molar-refractivity contribution >= 4 is 0 Å². The first-order valence-electron chi connectivity index (χ1n) is 6.24. The van der Waals surface area contributed by atoms with Gasteiger partial charge in [-0.05, 0) is 20.4 Å². The molecular formula is C12H26N2O2. The second-order valence-corrected chi connectivity index (χ2v) is 5.09. The molecule has 0 bridgehead atoms. The van der Waals surface area contributed by atoms with E-state index in [4.69, 9.17) is 4.74 Å². The Balaban J connectivity index is 2.24. The van der Waals surface area contributed by atoms with Crippen LogP contribution in [-0.2, 0) is 4.74 Å². The van der Waals surface area contributed by atoms with Crippen molar-refractivity contribution in [3.63, 3.8) is 0 Å². The summed E-state index contributed by atoms with van der Waals surface area (Å²) in [6.07, 6.45) is 1.05. The van der Waals surface area contributed by atoms with Crippen LogP contribution in [0.1, 0.15) is 27.2 Å². The fourth-order valence-corrected chi connectivity index (χ4v) is 2.20. The van der Waals surface area contributed by atoms with Crippen molar-refractivity contribution in [2.75, 3.05) is 26.7 Å². The van der Waals surface area contributed by atoms with Gasteiger partial charge < -0.3 is 15.2 Å². The highest BCUT2D eigenvalue weighted by Gasteiger charge is 2.28. The van der Waals surface area contributed by atoms with E-state index in [1.165, 1.54) is 0 Å². The molecule has 3 atom stereocenters. The third kappa shape index (κ3) is 4.37. The molecule has 2 N–H and O–H groups in total. The Bertz CT molecular complexity index is 199. The van der Waals surface area contributed by atoms with Crippen molar-refractivity contribution in [3.05, 3.63) is 0 Å². The zero-order chi connectivity index (χ0) is 12.1. The molecule has 0 aromatic rings. The van der Waals surface area contributed by atoms with Gasteiger partial charge in [-0.2, -0.15) is 0 Å². The normalized spacial score (nSPS) is 27.9. The van der Waals surface area contributed by atoms with Crippen molar-refractivity contribution < 1.29 is 9.84 Å². The topological polar surface area (TPSA) is 44.7 Å². The van der Waals surface area contributed by atoms with Gasteiger partial charge in [-0.1, -0.05) is 13.8 Å². The van der Waals surface area contributed by atoms with Crippen LogP contribution in [0.25, 0.3) is 0 Å². The van der Waals surface area contributed by atoms with E-state index in [9.17, 15) is 5.11 Å². The van der Waals surface area contributed by atoms with Crippen molar-refractivity contribution in [1.82, 2.24) is 10.2 Å². The van der Waals surface area contributed by atoms with E-state index in [1.54, 1.807) is 0 Å². The molecule has 1 aliphatic heterocycles. The van der Waals surface area contributed by atoms with Crippen molar-refractivity contribution in [2.45, 2.75) is 51.5 Å². The number of rotatable bonds is 6. The largest absolute Gasteiger partial charge is 0.390 e. The molecule has 0 aromatic carbocycles. The Kier molecular flexibility index (Phi) is 5.69. The molecule has 4 heteroatoms. The second kappa shape index (κ2) is 6.55. The summed E-state index contributed by atoms with van der Waals surface area (Å²) in [6, 6.07) is 0.877. The molecule has 0 spiro atoms. The van der Waals surface area contributed by atoms with Crippen LogP contribution >= 0.6 is 0 Å². The lowest BCUT2D eigenvalue weighted by Crippen LogP contribution is -2.44. The van der Waals surface area contributed by atoms with Gasteiger partial charge in [0, 0.05) is 31.8 Å². The number of hydrogen-bond donors (Lipinski definition) is 2. The maximum atomic E-state index is 9.87. The monoisotopic (exact) mass is 230 g/mol. The molecule has 3 unspecified atom stereocenters. The molecule has 96 valence electrons. The van der Waals surface area contributed by atoms with E-state index in [1.807, 2.05) is 0 Å². The maximum Gasteiger partial charge on any atom is 0.0791 e. The lowest BCUT2D eigenvalue weighted by molar-refractivity contribution is 0.0576.